The van der Waals surface area contributed by atoms with Gasteiger partial charge in [0.05, 0.1) is 26.8 Å². The SMILES string of the molecule is CCS(=O)(=O)c1c(Cl)cc(Cl)cc1CNC(=O)c1cc(C(F)(F)F)c(CN2CCN(C(=O)O)CC2)cc1N. The van der Waals surface area contributed by atoms with Gasteiger partial charge in [0.25, 0.3) is 5.91 Å². The number of carbonyl (C=O) groups is 2. The van der Waals surface area contributed by atoms with Gasteiger partial charge in [-0.3, -0.25) is 9.69 Å². The van der Waals surface area contributed by atoms with Gasteiger partial charge in [-0.2, -0.15) is 13.2 Å². The topological polar surface area (TPSA) is 133 Å². The predicted octanol–water partition coefficient (Wildman–Crippen LogP) is 4.11. The van der Waals surface area contributed by atoms with E-state index in [-0.39, 0.29) is 76.8 Å². The van der Waals surface area contributed by atoms with E-state index in [9.17, 15) is 31.2 Å². The predicted molar refractivity (Wildman–Crippen MR) is 136 cm³/mol. The van der Waals surface area contributed by atoms with Crippen LogP contribution in [0.1, 0.15) is 34.0 Å². The summed E-state index contributed by atoms with van der Waals surface area (Å²) in [7, 11) is -3.81. The smallest absolute Gasteiger partial charge is 0.416 e. The largest absolute Gasteiger partial charge is 0.465 e. The number of rotatable bonds is 7. The van der Waals surface area contributed by atoms with Crippen LogP contribution in [0.25, 0.3) is 0 Å². The van der Waals surface area contributed by atoms with Crippen LogP contribution in [0.5, 0.6) is 0 Å². The first-order valence-corrected chi connectivity index (χ1v) is 13.7. The highest BCUT2D eigenvalue weighted by molar-refractivity contribution is 7.91. The first-order chi connectivity index (χ1) is 17.6. The van der Waals surface area contributed by atoms with Gasteiger partial charge in [-0.05, 0) is 35.4 Å². The lowest BCUT2D eigenvalue weighted by Gasteiger charge is -2.33. The van der Waals surface area contributed by atoms with Crippen LogP contribution in [0, 0.1) is 0 Å². The first kappa shape index (κ1) is 29.8. The van der Waals surface area contributed by atoms with Gasteiger partial charge in [0.2, 0.25) is 0 Å². The zero-order chi connectivity index (χ0) is 28.4. The maximum Gasteiger partial charge on any atom is 0.416 e. The van der Waals surface area contributed by atoms with Crippen molar-refractivity contribution in [1.82, 2.24) is 15.1 Å². The molecule has 9 nitrogen and oxygen atoms in total. The van der Waals surface area contributed by atoms with E-state index in [1.807, 2.05) is 0 Å². The molecule has 0 aliphatic carbocycles. The number of piperazine rings is 1. The Morgan fingerprint density at radius 2 is 1.71 bits per heavy atom. The zero-order valence-corrected chi connectivity index (χ0v) is 22.4. The Labute approximate surface area is 227 Å². The summed E-state index contributed by atoms with van der Waals surface area (Å²) in [6.07, 6.45) is -5.90. The lowest BCUT2D eigenvalue weighted by molar-refractivity contribution is -0.138. The molecule has 1 aliphatic heterocycles. The summed E-state index contributed by atoms with van der Waals surface area (Å²) in [6.45, 7) is 1.65. The van der Waals surface area contributed by atoms with Crippen LogP contribution in [0.4, 0.5) is 23.7 Å². The number of amides is 2. The molecule has 4 N–H and O–H groups in total. The number of hydrogen-bond acceptors (Lipinski definition) is 6. The second-order valence-corrected chi connectivity index (χ2v) is 11.7. The summed E-state index contributed by atoms with van der Waals surface area (Å²) < 4.78 is 66.8. The molecule has 0 spiro atoms. The van der Waals surface area contributed by atoms with Gasteiger partial charge in [0.15, 0.2) is 9.84 Å². The van der Waals surface area contributed by atoms with Crippen molar-refractivity contribution in [3.8, 4) is 0 Å². The van der Waals surface area contributed by atoms with Crippen molar-refractivity contribution in [2.75, 3.05) is 37.7 Å². The molecule has 3 rings (SSSR count). The van der Waals surface area contributed by atoms with Crippen molar-refractivity contribution in [2.24, 2.45) is 0 Å². The highest BCUT2D eigenvalue weighted by Crippen LogP contribution is 2.36. The number of benzene rings is 2. The minimum Gasteiger partial charge on any atom is -0.465 e. The molecule has 1 saturated heterocycles. The Kier molecular flexibility index (Phi) is 9.07. The van der Waals surface area contributed by atoms with E-state index in [2.05, 4.69) is 5.32 Å². The Hall–Kier alpha value is -2.74. The van der Waals surface area contributed by atoms with Crippen LogP contribution in [0.2, 0.25) is 10.0 Å². The third-order valence-corrected chi connectivity index (χ3v) is 8.57. The molecule has 38 heavy (non-hydrogen) atoms. The fourth-order valence-corrected chi connectivity index (χ4v) is 6.16. The minimum atomic E-state index is -4.80. The molecule has 0 bridgehead atoms. The van der Waals surface area contributed by atoms with E-state index in [1.165, 1.54) is 24.0 Å². The van der Waals surface area contributed by atoms with Crippen molar-refractivity contribution in [3.05, 3.63) is 56.6 Å². The lowest BCUT2D eigenvalue weighted by Crippen LogP contribution is -2.47. The number of hydrogen-bond donors (Lipinski definition) is 3. The van der Waals surface area contributed by atoms with Crippen molar-refractivity contribution >= 4 is 50.7 Å². The van der Waals surface area contributed by atoms with Crippen molar-refractivity contribution in [1.29, 1.82) is 0 Å². The van der Waals surface area contributed by atoms with Crippen molar-refractivity contribution in [2.45, 2.75) is 31.1 Å². The molecule has 2 aromatic carbocycles. The number of carbonyl (C=O) groups excluding carboxylic acids is 1. The standard InChI is InChI=1S/C23H25Cl2F3N4O5S/c1-2-38(36,37)20-13(7-15(24)9-18(20)25)11-30-21(33)16-10-17(23(26,27)28)14(8-19(16)29)12-31-3-5-32(6-4-31)22(34)35/h7-10H,2-6,11-12,29H2,1H3,(H,30,33)(H,34,35). The minimum absolute atomic E-state index is 0.0736. The van der Waals surface area contributed by atoms with Crippen LogP contribution in [-0.2, 0) is 29.1 Å². The van der Waals surface area contributed by atoms with E-state index in [0.717, 1.165) is 6.07 Å². The van der Waals surface area contributed by atoms with E-state index in [1.54, 1.807) is 4.90 Å². The number of carboxylic acid groups (broad SMARTS) is 1. The molecule has 0 atom stereocenters. The molecule has 0 aromatic heterocycles. The number of nitrogens with two attached hydrogens (primary N) is 1. The molecule has 1 fully saturated rings. The number of anilines is 1. The molecule has 0 saturated carbocycles. The molecule has 2 aromatic rings. The summed E-state index contributed by atoms with van der Waals surface area (Å²) in [5.74, 6) is -1.23. The van der Waals surface area contributed by atoms with E-state index >= 15 is 0 Å². The highest BCUT2D eigenvalue weighted by Gasteiger charge is 2.36. The van der Waals surface area contributed by atoms with Crippen LogP contribution in [0.3, 0.4) is 0 Å². The van der Waals surface area contributed by atoms with Gasteiger partial charge in [-0.25, -0.2) is 13.2 Å². The fourth-order valence-electron chi connectivity index (χ4n) is 4.10. The summed E-state index contributed by atoms with van der Waals surface area (Å²) in [6, 6.07) is 4.27. The second kappa shape index (κ2) is 11.6. The molecule has 1 heterocycles. The first-order valence-electron chi connectivity index (χ1n) is 11.3. The lowest BCUT2D eigenvalue weighted by atomic mass is 10.00. The number of nitrogens with one attached hydrogen (secondary N) is 1. The van der Waals surface area contributed by atoms with Gasteiger partial charge < -0.3 is 21.1 Å². The Balaban J connectivity index is 1.86. The monoisotopic (exact) mass is 596 g/mol. The molecule has 2 amide bonds. The maximum atomic E-state index is 13.9. The summed E-state index contributed by atoms with van der Waals surface area (Å²) in [4.78, 5) is 26.6. The fraction of sp³-hybridized carbons (Fsp3) is 0.391. The molecule has 15 heteroatoms. The second-order valence-electron chi connectivity index (χ2n) is 8.60. The summed E-state index contributed by atoms with van der Waals surface area (Å²) in [5.41, 5.74) is 4.18. The summed E-state index contributed by atoms with van der Waals surface area (Å²) in [5, 5.41) is 11.4. The van der Waals surface area contributed by atoms with E-state index in [0.29, 0.717) is 6.07 Å². The number of halogens is 5. The van der Waals surface area contributed by atoms with Gasteiger partial charge in [-0.15, -0.1) is 0 Å². The third kappa shape index (κ3) is 6.82. The molecule has 208 valence electrons. The number of nitrogens with zero attached hydrogens (tertiary/aromatic N) is 2. The van der Waals surface area contributed by atoms with Crippen molar-refractivity contribution in [3.63, 3.8) is 0 Å². The number of sulfone groups is 1. The molecule has 0 unspecified atom stereocenters. The van der Waals surface area contributed by atoms with Gasteiger partial charge >= 0.3 is 12.3 Å². The van der Waals surface area contributed by atoms with Crippen LogP contribution < -0.4 is 11.1 Å². The van der Waals surface area contributed by atoms with Crippen LogP contribution in [0.15, 0.2) is 29.2 Å². The average molecular weight is 597 g/mol. The number of alkyl halides is 3. The summed E-state index contributed by atoms with van der Waals surface area (Å²) >= 11 is 12.1. The third-order valence-electron chi connectivity index (χ3n) is 6.08. The molecule has 1 aliphatic rings. The normalized spacial score (nSPS) is 14.9. The average Bonchev–Trinajstić information content (AvgIpc) is 2.81. The maximum absolute atomic E-state index is 13.9. The molecular formula is C23H25Cl2F3N4O5S. The van der Waals surface area contributed by atoms with E-state index < -0.39 is 39.1 Å². The Bertz CT molecular complexity index is 1350. The van der Waals surface area contributed by atoms with Gasteiger partial charge in [0.1, 0.15) is 0 Å². The van der Waals surface area contributed by atoms with Crippen LogP contribution >= 0.6 is 23.2 Å². The number of nitrogen functional groups attached to an aromatic ring is 1. The molecule has 0 radical (unpaired) electrons. The van der Waals surface area contributed by atoms with Gasteiger partial charge in [0, 0.05) is 50.0 Å². The van der Waals surface area contributed by atoms with Crippen LogP contribution in [-0.4, -0.2) is 67.3 Å². The van der Waals surface area contributed by atoms with Crippen molar-refractivity contribution < 1.29 is 36.3 Å². The zero-order valence-electron chi connectivity index (χ0n) is 20.1. The Morgan fingerprint density at radius 3 is 2.26 bits per heavy atom. The highest BCUT2D eigenvalue weighted by atomic mass is 35.5. The Morgan fingerprint density at radius 1 is 1.08 bits per heavy atom. The molecular weight excluding hydrogens is 572 g/mol. The van der Waals surface area contributed by atoms with Gasteiger partial charge in [-0.1, -0.05) is 30.1 Å². The quantitative estimate of drug-likeness (QED) is 0.409. The van der Waals surface area contributed by atoms with E-state index in [4.69, 9.17) is 34.0 Å².